The lowest BCUT2D eigenvalue weighted by Gasteiger charge is -2.23. The molecule has 0 saturated heterocycles. The maximum Gasteiger partial charge on any atom is 0.352 e. The summed E-state index contributed by atoms with van der Waals surface area (Å²) in [5.74, 6) is 0.561. The lowest BCUT2D eigenvalue weighted by molar-refractivity contribution is -0.132. The summed E-state index contributed by atoms with van der Waals surface area (Å²) in [6.45, 7) is 4.04. The van der Waals surface area contributed by atoms with Gasteiger partial charge in [-0.2, -0.15) is 10.1 Å². The number of hydrogen-bond donors (Lipinski definition) is 2. The molecule has 1 aromatic carbocycles. The molecule has 8 nitrogen and oxygen atoms in total. The highest BCUT2D eigenvalue weighted by Gasteiger charge is 2.26. The predicted molar refractivity (Wildman–Crippen MR) is 90.9 cm³/mol. The Labute approximate surface area is 145 Å². The number of nitrogens with zero attached hydrogens (tertiary/aromatic N) is 3. The number of benzene rings is 1. The number of nitrogens with one attached hydrogen (secondary N) is 1. The second-order valence-corrected chi connectivity index (χ2v) is 5.73. The monoisotopic (exact) mass is 344 g/mol. The average molecular weight is 344 g/mol. The van der Waals surface area contributed by atoms with E-state index in [0.29, 0.717) is 17.4 Å². The van der Waals surface area contributed by atoms with Crippen molar-refractivity contribution in [3.8, 4) is 11.5 Å². The summed E-state index contributed by atoms with van der Waals surface area (Å²) in [5.41, 5.74) is 0.879. The summed E-state index contributed by atoms with van der Waals surface area (Å²) in [4.78, 5) is 15.4. The molecule has 0 saturated carbocycles. The Morgan fingerprint density at radius 1 is 1.44 bits per heavy atom. The first kappa shape index (κ1) is 16.8. The van der Waals surface area contributed by atoms with E-state index in [4.69, 9.17) is 9.47 Å². The van der Waals surface area contributed by atoms with Crippen molar-refractivity contribution < 1.29 is 19.4 Å². The van der Waals surface area contributed by atoms with E-state index in [2.05, 4.69) is 15.4 Å². The van der Waals surface area contributed by atoms with Crippen molar-refractivity contribution in [1.29, 1.82) is 0 Å². The number of aromatic nitrogens is 3. The number of allylic oxidation sites excluding steroid dienone is 1. The van der Waals surface area contributed by atoms with Crippen molar-refractivity contribution in [3.05, 3.63) is 41.9 Å². The number of aliphatic carboxylic acids is 1. The van der Waals surface area contributed by atoms with Crippen molar-refractivity contribution in [3.63, 3.8) is 0 Å². The van der Waals surface area contributed by atoms with Crippen LogP contribution in [0.1, 0.15) is 31.9 Å². The van der Waals surface area contributed by atoms with Crippen molar-refractivity contribution in [2.45, 2.75) is 32.4 Å². The molecule has 1 aliphatic rings. The molecule has 8 heteroatoms. The normalized spacial score (nSPS) is 17.1. The van der Waals surface area contributed by atoms with E-state index >= 15 is 0 Å². The van der Waals surface area contributed by atoms with Crippen molar-refractivity contribution in [2.75, 3.05) is 12.4 Å². The molecule has 1 aromatic heterocycles. The van der Waals surface area contributed by atoms with Gasteiger partial charge in [0.2, 0.25) is 5.95 Å². The fourth-order valence-electron chi connectivity index (χ4n) is 2.56. The van der Waals surface area contributed by atoms with Crippen LogP contribution in [0.5, 0.6) is 11.5 Å². The molecule has 132 valence electrons. The van der Waals surface area contributed by atoms with E-state index in [1.165, 1.54) is 6.33 Å². The fourth-order valence-corrected chi connectivity index (χ4v) is 2.56. The number of carboxylic acid groups (broad SMARTS) is 1. The number of hydrogen-bond acceptors (Lipinski definition) is 6. The van der Waals surface area contributed by atoms with E-state index in [9.17, 15) is 9.90 Å². The predicted octanol–water partition coefficient (Wildman–Crippen LogP) is 2.45. The van der Waals surface area contributed by atoms with Crippen LogP contribution in [-0.2, 0) is 4.79 Å². The third-order valence-electron chi connectivity index (χ3n) is 4.07. The Morgan fingerprint density at radius 3 is 2.92 bits per heavy atom. The van der Waals surface area contributed by atoms with Gasteiger partial charge in [0, 0.05) is 0 Å². The number of rotatable bonds is 6. The molecule has 0 radical (unpaired) electrons. The van der Waals surface area contributed by atoms with Crippen LogP contribution in [-0.4, -0.2) is 39.1 Å². The Balaban J connectivity index is 2.00. The van der Waals surface area contributed by atoms with E-state index in [-0.39, 0.29) is 11.8 Å². The van der Waals surface area contributed by atoms with Crippen molar-refractivity contribution in [1.82, 2.24) is 14.8 Å². The Kier molecular flexibility index (Phi) is 4.60. The second kappa shape index (κ2) is 6.84. The van der Waals surface area contributed by atoms with Gasteiger partial charge in [-0.1, -0.05) is 13.0 Å². The van der Waals surface area contributed by atoms with Gasteiger partial charge in [-0.3, -0.25) is 0 Å². The highest BCUT2D eigenvalue weighted by atomic mass is 16.5. The summed E-state index contributed by atoms with van der Waals surface area (Å²) in [5, 5.41) is 16.2. The average Bonchev–Trinajstić information content (AvgIpc) is 3.09. The molecular formula is C17H20N4O4. The zero-order valence-electron chi connectivity index (χ0n) is 14.3. The molecular weight excluding hydrogens is 324 g/mol. The first-order valence-corrected chi connectivity index (χ1v) is 7.99. The molecule has 3 rings (SSSR count). The molecule has 1 aliphatic heterocycles. The van der Waals surface area contributed by atoms with Crippen LogP contribution in [0, 0.1) is 0 Å². The molecule has 0 unspecified atom stereocenters. The second-order valence-electron chi connectivity index (χ2n) is 5.73. The lowest BCUT2D eigenvalue weighted by atomic mass is 10.0. The van der Waals surface area contributed by atoms with Crippen LogP contribution in [0.3, 0.4) is 0 Å². The van der Waals surface area contributed by atoms with Crippen LogP contribution in [0.15, 0.2) is 36.3 Å². The van der Waals surface area contributed by atoms with Gasteiger partial charge in [-0.25, -0.2) is 9.48 Å². The molecule has 2 N–H and O–H groups in total. The number of carbonyl (C=O) groups is 1. The van der Waals surface area contributed by atoms with Gasteiger partial charge in [-0.05, 0) is 37.1 Å². The van der Waals surface area contributed by atoms with Gasteiger partial charge in [0.1, 0.15) is 18.1 Å². The smallest absolute Gasteiger partial charge is 0.352 e. The van der Waals surface area contributed by atoms with E-state index in [1.807, 2.05) is 32.0 Å². The standard InChI is InChI=1S/C17H20N4O4/c1-4-10(2)25-14-6-5-11(7-15(14)24-3)13-8-12(16(22)23)20-17-18-9-19-21(13)17/h5-10,13H,4H2,1-3H3,(H,22,23)(H,18,19,20)/t10-,13+/m0/s1. The summed E-state index contributed by atoms with van der Waals surface area (Å²) < 4.78 is 12.9. The minimum Gasteiger partial charge on any atom is -0.493 e. The zero-order valence-corrected chi connectivity index (χ0v) is 14.3. The zero-order chi connectivity index (χ0) is 18.0. The summed E-state index contributed by atoms with van der Waals surface area (Å²) in [7, 11) is 1.57. The Morgan fingerprint density at radius 2 is 2.24 bits per heavy atom. The molecule has 0 bridgehead atoms. The number of ether oxygens (including phenoxy) is 2. The minimum absolute atomic E-state index is 0.0596. The summed E-state index contributed by atoms with van der Waals surface area (Å²) in [6, 6.07) is 5.12. The van der Waals surface area contributed by atoms with E-state index < -0.39 is 12.0 Å². The van der Waals surface area contributed by atoms with Crippen LogP contribution < -0.4 is 14.8 Å². The van der Waals surface area contributed by atoms with E-state index in [0.717, 1.165) is 12.0 Å². The minimum atomic E-state index is -1.05. The van der Waals surface area contributed by atoms with Gasteiger partial charge in [0.15, 0.2) is 11.5 Å². The van der Waals surface area contributed by atoms with Gasteiger partial charge >= 0.3 is 5.97 Å². The van der Waals surface area contributed by atoms with Crippen LogP contribution in [0.2, 0.25) is 0 Å². The van der Waals surface area contributed by atoms with Crippen LogP contribution in [0.4, 0.5) is 5.95 Å². The lowest BCUT2D eigenvalue weighted by Crippen LogP contribution is -2.24. The molecule has 2 atom stereocenters. The van der Waals surface area contributed by atoms with Gasteiger partial charge < -0.3 is 19.9 Å². The highest BCUT2D eigenvalue weighted by molar-refractivity contribution is 5.90. The molecule has 25 heavy (non-hydrogen) atoms. The number of carboxylic acids is 1. The van der Waals surface area contributed by atoms with E-state index in [1.54, 1.807) is 17.9 Å². The van der Waals surface area contributed by atoms with Crippen molar-refractivity contribution in [2.24, 2.45) is 0 Å². The van der Waals surface area contributed by atoms with Crippen molar-refractivity contribution >= 4 is 11.9 Å². The third-order valence-corrected chi connectivity index (χ3v) is 4.07. The van der Waals surface area contributed by atoms with Crippen LogP contribution >= 0.6 is 0 Å². The molecule has 0 amide bonds. The molecule has 0 fully saturated rings. The SMILES string of the molecule is CC[C@H](C)Oc1ccc([C@H]2C=C(C(=O)O)Nc3ncnn32)cc1OC. The topological polar surface area (TPSA) is 98.5 Å². The van der Waals surface area contributed by atoms with Gasteiger partial charge in [0.25, 0.3) is 0 Å². The third kappa shape index (κ3) is 3.28. The number of anilines is 1. The number of fused-ring (bicyclic) bond motifs is 1. The molecule has 0 spiro atoms. The first-order valence-electron chi connectivity index (χ1n) is 7.99. The maximum absolute atomic E-state index is 11.4. The quantitative estimate of drug-likeness (QED) is 0.830. The fraction of sp³-hybridized carbons (Fsp3) is 0.353. The number of methoxy groups -OCH3 is 1. The maximum atomic E-state index is 11.4. The van der Waals surface area contributed by atoms with Crippen LogP contribution in [0.25, 0.3) is 0 Å². The Bertz CT molecular complexity index is 815. The molecule has 2 aromatic rings. The highest BCUT2D eigenvalue weighted by Crippen LogP contribution is 2.35. The first-order chi connectivity index (χ1) is 12.0. The van der Waals surface area contributed by atoms with Gasteiger partial charge in [0.05, 0.1) is 13.2 Å². The summed E-state index contributed by atoms with van der Waals surface area (Å²) in [6.07, 6.45) is 3.92. The molecule has 0 aliphatic carbocycles. The summed E-state index contributed by atoms with van der Waals surface area (Å²) >= 11 is 0. The van der Waals surface area contributed by atoms with Gasteiger partial charge in [-0.15, -0.1) is 0 Å². The largest absolute Gasteiger partial charge is 0.493 e. The molecule has 2 heterocycles. The Hall–Kier alpha value is -3.03.